The molecule has 4 rings (SSSR count). The molecule has 0 N–H and O–H groups in total. The number of ketones is 1. The third-order valence-electron chi connectivity index (χ3n) is 9.46. The van der Waals surface area contributed by atoms with Gasteiger partial charge in [0, 0.05) is 18.3 Å². The molecule has 0 aromatic heterocycles. The summed E-state index contributed by atoms with van der Waals surface area (Å²) < 4.78 is 5.76. The van der Waals surface area contributed by atoms with E-state index in [0.717, 1.165) is 37.0 Å². The molecule has 0 heterocycles. The molecule has 8 atom stereocenters. The van der Waals surface area contributed by atoms with Gasteiger partial charge in [-0.25, -0.2) is 0 Å². The second kappa shape index (κ2) is 6.34. The highest BCUT2D eigenvalue weighted by Crippen LogP contribution is 2.66. The van der Waals surface area contributed by atoms with Crippen molar-refractivity contribution in [1.82, 2.24) is 0 Å². The molecule has 0 unspecified atom stereocenters. The van der Waals surface area contributed by atoms with Crippen LogP contribution in [0.15, 0.2) is 0 Å². The van der Waals surface area contributed by atoms with E-state index in [-0.39, 0.29) is 17.5 Å². The molecular formula is C23H36O3. The lowest BCUT2D eigenvalue weighted by atomic mass is 9.44. The van der Waals surface area contributed by atoms with E-state index in [1.807, 2.05) is 0 Å². The summed E-state index contributed by atoms with van der Waals surface area (Å²) in [6, 6.07) is 0. The van der Waals surface area contributed by atoms with Crippen LogP contribution in [0.1, 0.15) is 85.5 Å². The van der Waals surface area contributed by atoms with Gasteiger partial charge in [0.15, 0.2) is 0 Å². The van der Waals surface area contributed by atoms with Crippen molar-refractivity contribution in [2.75, 3.05) is 0 Å². The fourth-order valence-electron chi connectivity index (χ4n) is 7.97. The summed E-state index contributed by atoms with van der Waals surface area (Å²) in [5.41, 5.74) is 0.613. The van der Waals surface area contributed by atoms with E-state index >= 15 is 0 Å². The number of rotatable bonds is 2. The first kappa shape index (κ1) is 18.5. The van der Waals surface area contributed by atoms with Gasteiger partial charge in [-0.15, -0.1) is 0 Å². The fourth-order valence-corrected chi connectivity index (χ4v) is 7.97. The van der Waals surface area contributed by atoms with Gasteiger partial charge in [0.25, 0.3) is 0 Å². The van der Waals surface area contributed by atoms with Crippen molar-refractivity contribution in [3.63, 3.8) is 0 Å². The molecule has 3 nitrogen and oxygen atoms in total. The van der Waals surface area contributed by atoms with E-state index in [0.29, 0.717) is 23.0 Å². The van der Waals surface area contributed by atoms with Crippen LogP contribution in [0.4, 0.5) is 0 Å². The van der Waals surface area contributed by atoms with Gasteiger partial charge in [0.1, 0.15) is 11.9 Å². The highest BCUT2D eigenvalue weighted by molar-refractivity contribution is 5.78. The summed E-state index contributed by atoms with van der Waals surface area (Å²) in [6.45, 7) is 8.29. The maximum atomic E-state index is 11.9. The molecule has 0 aliphatic heterocycles. The van der Waals surface area contributed by atoms with Crippen LogP contribution in [0.2, 0.25) is 0 Å². The SMILES string of the molecule is CC(=O)O[C@@H]1CC[C@@H]2[C@H]3CC[C@H]4C[C@@H](C(C)=O)CC[C@]4(C)[C@@H]3CC[C@]21C. The lowest BCUT2D eigenvalue weighted by Gasteiger charge is -2.60. The van der Waals surface area contributed by atoms with E-state index in [1.54, 1.807) is 13.8 Å². The number of carbonyl (C=O) groups excluding carboxylic acids is 2. The molecule has 0 saturated heterocycles. The van der Waals surface area contributed by atoms with Gasteiger partial charge in [-0.2, -0.15) is 0 Å². The van der Waals surface area contributed by atoms with Gasteiger partial charge < -0.3 is 4.74 Å². The maximum absolute atomic E-state index is 11.9. The third kappa shape index (κ3) is 2.67. The van der Waals surface area contributed by atoms with Gasteiger partial charge in [-0.1, -0.05) is 13.8 Å². The Balaban J connectivity index is 1.55. The molecule has 26 heavy (non-hydrogen) atoms. The summed E-state index contributed by atoms with van der Waals surface area (Å²) in [5, 5.41) is 0. The summed E-state index contributed by atoms with van der Waals surface area (Å²) >= 11 is 0. The van der Waals surface area contributed by atoms with Gasteiger partial charge in [-0.05, 0) is 93.8 Å². The molecule has 0 aromatic rings. The molecule has 0 amide bonds. The Morgan fingerprint density at radius 1 is 0.846 bits per heavy atom. The largest absolute Gasteiger partial charge is 0.462 e. The number of esters is 1. The maximum Gasteiger partial charge on any atom is 0.302 e. The van der Waals surface area contributed by atoms with Crippen LogP contribution in [0.3, 0.4) is 0 Å². The second-order valence-electron chi connectivity index (χ2n) is 10.5. The number of Topliss-reactive ketones (excluding diaryl/α,β-unsaturated/α-hetero) is 1. The van der Waals surface area contributed by atoms with E-state index in [2.05, 4.69) is 13.8 Å². The Labute approximate surface area is 158 Å². The zero-order valence-electron chi connectivity index (χ0n) is 17.1. The van der Waals surface area contributed by atoms with Crippen LogP contribution in [0.5, 0.6) is 0 Å². The Morgan fingerprint density at radius 2 is 1.54 bits per heavy atom. The first-order chi connectivity index (χ1) is 12.3. The van der Waals surface area contributed by atoms with E-state index < -0.39 is 0 Å². The van der Waals surface area contributed by atoms with Crippen molar-refractivity contribution in [3.8, 4) is 0 Å². The van der Waals surface area contributed by atoms with Crippen LogP contribution >= 0.6 is 0 Å². The zero-order valence-corrected chi connectivity index (χ0v) is 17.1. The average molecular weight is 361 g/mol. The highest BCUT2D eigenvalue weighted by atomic mass is 16.5. The van der Waals surface area contributed by atoms with Crippen molar-refractivity contribution in [3.05, 3.63) is 0 Å². The molecule has 4 aliphatic rings. The van der Waals surface area contributed by atoms with E-state index in [1.165, 1.54) is 38.5 Å². The van der Waals surface area contributed by atoms with Crippen molar-refractivity contribution >= 4 is 11.8 Å². The fraction of sp³-hybridized carbons (Fsp3) is 0.913. The van der Waals surface area contributed by atoms with Gasteiger partial charge in [0.05, 0.1) is 0 Å². The Kier molecular flexibility index (Phi) is 4.51. The van der Waals surface area contributed by atoms with Crippen molar-refractivity contribution in [1.29, 1.82) is 0 Å². The van der Waals surface area contributed by atoms with Crippen molar-refractivity contribution < 1.29 is 14.3 Å². The number of carbonyl (C=O) groups is 2. The summed E-state index contributed by atoms with van der Waals surface area (Å²) in [7, 11) is 0. The van der Waals surface area contributed by atoms with E-state index in [4.69, 9.17) is 4.74 Å². The van der Waals surface area contributed by atoms with Gasteiger partial charge >= 0.3 is 5.97 Å². The topological polar surface area (TPSA) is 43.4 Å². The molecule has 146 valence electrons. The number of hydrogen-bond acceptors (Lipinski definition) is 3. The Morgan fingerprint density at radius 3 is 2.23 bits per heavy atom. The Hall–Kier alpha value is -0.860. The predicted octanol–water partition coefficient (Wildman–Crippen LogP) is 5.17. The van der Waals surface area contributed by atoms with E-state index in [9.17, 15) is 9.59 Å². The molecule has 4 saturated carbocycles. The predicted molar refractivity (Wildman–Crippen MR) is 101 cm³/mol. The van der Waals surface area contributed by atoms with Crippen molar-refractivity contribution in [2.45, 2.75) is 91.6 Å². The second-order valence-corrected chi connectivity index (χ2v) is 10.5. The van der Waals surface area contributed by atoms with Gasteiger partial charge in [-0.3, -0.25) is 9.59 Å². The Bertz CT molecular complexity index is 598. The summed E-state index contributed by atoms with van der Waals surface area (Å²) in [4.78, 5) is 23.5. The van der Waals surface area contributed by atoms with Crippen molar-refractivity contribution in [2.24, 2.45) is 40.4 Å². The normalized spacial score (nSPS) is 50.3. The van der Waals surface area contributed by atoms with Crippen LogP contribution < -0.4 is 0 Å². The smallest absolute Gasteiger partial charge is 0.302 e. The highest BCUT2D eigenvalue weighted by Gasteiger charge is 2.61. The quantitative estimate of drug-likeness (QED) is 0.638. The molecule has 0 aromatic carbocycles. The number of fused-ring (bicyclic) bond motifs is 5. The number of ether oxygens (including phenoxy) is 1. The molecule has 0 radical (unpaired) electrons. The molecular weight excluding hydrogens is 324 g/mol. The van der Waals surface area contributed by atoms with Gasteiger partial charge in [0.2, 0.25) is 0 Å². The lowest BCUT2D eigenvalue weighted by molar-refractivity contribution is -0.162. The van der Waals surface area contributed by atoms with Crippen LogP contribution in [0.25, 0.3) is 0 Å². The minimum Gasteiger partial charge on any atom is -0.462 e. The minimum absolute atomic E-state index is 0.114. The third-order valence-corrected chi connectivity index (χ3v) is 9.46. The monoisotopic (exact) mass is 360 g/mol. The molecule has 3 heteroatoms. The average Bonchev–Trinajstić information content (AvgIpc) is 2.90. The molecule has 4 fully saturated rings. The summed E-state index contributed by atoms with van der Waals surface area (Å²) in [6.07, 6.45) is 11.0. The molecule has 0 bridgehead atoms. The standard InChI is InChI=1S/C23H36O3/c1-14(24)16-9-11-22(3)17(13-16)5-6-18-19-7-8-21(26-15(2)25)23(19,4)12-10-20(18)22/h16-21H,5-13H2,1-4H3/t16-,17-,18+,19+,20+,21+,22-,23+/m0/s1. The first-order valence-corrected chi connectivity index (χ1v) is 10.9. The van der Waals surface area contributed by atoms with Crippen LogP contribution in [-0.4, -0.2) is 17.9 Å². The first-order valence-electron chi connectivity index (χ1n) is 10.9. The minimum atomic E-state index is -0.114. The van der Waals surface area contributed by atoms with Crippen LogP contribution in [-0.2, 0) is 14.3 Å². The molecule has 0 spiro atoms. The zero-order chi connectivity index (χ0) is 18.7. The molecule has 4 aliphatic carbocycles. The lowest BCUT2D eigenvalue weighted by Crippen LogP contribution is -2.54. The number of hydrogen-bond donors (Lipinski definition) is 0. The van der Waals surface area contributed by atoms with Crippen LogP contribution in [0, 0.1) is 40.4 Å². The summed E-state index contributed by atoms with van der Waals surface area (Å²) in [5.74, 6) is 3.67.